The minimum absolute atomic E-state index is 0.0711. The zero-order valence-electron chi connectivity index (χ0n) is 14.7. The molecule has 1 unspecified atom stereocenters. The van der Waals surface area contributed by atoms with Gasteiger partial charge in [0.1, 0.15) is 0 Å². The summed E-state index contributed by atoms with van der Waals surface area (Å²) < 4.78 is 0. The number of carbonyl (C=O) groups is 2. The summed E-state index contributed by atoms with van der Waals surface area (Å²) in [6.07, 6.45) is 8.32. The summed E-state index contributed by atoms with van der Waals surface area (Å²) in [5.74, 6) is -0.185. The number of carbonyl (C=O) groups excluding carboxylic acids is 2. The Balaban J connectivity index is 1.52. The second-order valence-electron chi connectivity index (χ2n) is 6.74. The smallest absolute Gasteiger partial charge is 0.228 e. The van der Waals surface area contributed by atoms with Gasteiger partial charge in [-0.1, -0.05) is 24.3 Å². The SMILES string of the molecule is CC(=O)N1C=Cc2ccccc2C1CC(=O)Nc1nc2c(s1)CCCC2. The molecule has 6 heteroatoms. The zero-order valence-corrected chi connectivity index (χ0v) is 15.5. The van der Waals surface area contributed by atoms with Gasteiger partial charge in [-0.2, -0.15) is 0 Å². The molecule has 1 atom stereocenters. The molecule has 1 aliphatic heterocycles. The van der Waals surface area contributed by atoms with Crippen molar-refractivity contribution >= 4 is 34.4 Å². The fraction of sp³-hybridized carbons (Fsp3) is 0.350. The van der Waals surface area contributed by atoms with Crippen LogP contribution in [0.5, 0.6) is 0 Å². The van der Waals surface area contributed by atoms with Gasteiger partial charge in [0.25, 0.3) is 0 Å². The fourth-order valence-electron chi connectivity index (χ4n) is 3.66. The molecule has 2 heterocycles. The molecule has 0 radical (unpaired) electrons. The topological polar surface area (TPSA) is 62.3 Å². The van der Waals surface area contributed by atoms with Crippen LogP contribution in [-0.4, -0.2) is 21.7 Å². The summed E-state index contributed by atoms with van der Waals surface area (Å²) in [5, 5.41) is 3.62. The third kappa shape index (κ3) is 3.29. The van der Waals surface area contributed by atoms with E-state index < -0.39 is 0 Å². The van der Waals surface area contributed by atoms with Crippen molar-refractivity contribution in [1.82, 2.24) is 9.88 Å². The Bertz CT molecular complexity index is 863. The predicted molar refractivity (Wildman–Crippen MR) is 103 cm³/mol. The second kappa shape index (κ2) is 7.03. The summed E-state index contributed by atoms with van der Waals surface area (Å²) in [5.41, 5.74) is 3.18. The molecule has 2 aromatic rings. The summed E-state index contributed by atoms with van der Waals surface area (Å²) >= 11 is 1.58. The normalized spacial score (nSPS) is 18.2. The number of fused-ring (bicyclic) bond motifs is 2. The third-order valence-electron chi connectivity index (χ3n) is 4.94. The van der Waals surface area contributed by atoms with Gasteiger partial charge in [-0.05, 0) is 42.9 Å². The van der Waals surface area contributed by atoms with Gasteiger partial charge in [0.2, 0.25) is 11.8 Å². The quantitative estimate of drug-likeness (QED) is 0.894. The maximum absolute atomic E-state index is 12.7. The first-order valence-electron chi connectivity index (χ1n) is 8.96. The minimum atomic E-state index is -0.289. The molecule has 4 rings (SSSR count). The van der Waals surface area contributed by atoms with Gasteiger partial charge in [-0.15, -0.1) is 11.3 Å². The summed E-state index contributed by atoms with van der Waals surface area (Å²) in [4.78, 5) is 32.2. The maximum atomic E-state index is 12.7. The van der Waals surface area contributed by atoms with Crippen molar-refractivity contribution in [1.29, 1.82) is 0 Å². The Labute approximate surface area is 156 Å². The van der Waals surface area contributed by atoms with Crippen LogP contribution >= 0.6 is 11.3 Å². The molecule has 0 fully saturated rings. The van der Waals surface area contributed by atoms with Gasteiger partial charge in [0, 0.05) is 18.0 Å². The largest absolute Gasteiger partial charge is 0.311 e. The lowest BCUT2D eigenvalue weighted by molar-refractivity contribution is -0.129. The lowest BCUT2D eigenvalue weighted by Crippen LogP contribution is -2.33. The van der Waals surface area contributed by atoms with E-state index in [9.17, 15) is 9.59 Å². The van der Waals surface area contributed by atoms with E-state index in [0.717, 1.165) is 29.7 Å². The molecule has 1 aromatic carbocycles. The molecule has 2 amide bonds. The molecular formula is C20H21N3O2S. The van der Waals surface area contributed by atoms with E-state index in [1.807, 2.05) is 30.3 Å². The highest BCUT2D eigenvalue weighted by Crippen LogP contribution is 2.34. The predicted octanol–water partition coefficient (Wildman–Crippen LogP) is 3.92. The first kappa shape index (κ1) is 17.0. The Kier molecular flexibility index (Phi) is 4.59. The Morgan fingerprint density at radius 1 is 1.27 bits per heavy atom. The van der Waals surface area contributed by atoms with Crippen molar-refractivity contribution in [2.24, 2.45) is 0 Å². The van der Waals surface area contributed by atoms with E-state index in [0.29, 0.717) is 5.13 Å². The number of thiazole rings is 1. The molecule has 0 saturated heterocycles. The van der Waals surface area contributed by atoms with E-state index in [-0.39, 0.29) is 24.3 Å². The van der Waals surface area contributed by atoms with Crippen molar-refractivity contribution < 1.29 is 9.59 Å². The van der Waals surface area contributed by atoms with Crippen LogP contribution in [0, 0.1) is 0 Å². The van der Waals surface area contributed by atoms with Crippen molar-refractivity contribution in [2.75, 3.05) is 5.32 Å². The van der Waals surface area contributed by atoms with Crippen LogP contribution in [0.1, 0.15) is 53.9 Å². The number of nitrogens with zero attached hydrogens (tertiary/aromatic N) is 2. The molecule has 0 spiro atoms. The van der Waals surface area contributed by atoms with Crippen LogP contribution < -0.4 is 5.32 Å². The highest BCUT2D eigenvalue weighted by Gasteiger charge is 2.28. The standard InChI is InChI=1S/C20H21N3O2S/c1-13(24)23-11-10-14-6-2-3-7-15(14)17(23)12-19(25)22-20-21-16-8-4-5-9-18(16)26-20/h2-3,6-7,10-11,17H,4-5,8-9,12H2,1H3,(H,21,22,25). The third-order valence-corrected chi connectivity index (χ3v) is 6.01. The monoisotopic (exact) mass is 367 g/mol. The Morgan fingerprint density at radius 3 is 2.88 bits per heavy atom. The number of rotatable bonds is 3. The van der Waals surface area contributed by atoms with Gasteiger partial charge >= 0.3 is 0 Å². The van der Waals surface area contributed by atoms with E-state index in [4.69, 9.17) is 0 Å². The lowest BCUT2D eigenvalue weighted by atomic mass is 9.93. The molecule has 0 bridgehead atoms. The molecule has 1 aromatic heterocycles. The molecule has 1 N–H and O–H groups in total. The number of nitrogens with one attached hydrogen (secondary N) is 1. The van der Waals surface area contributed by atoms with Gasteiger partial charge in [0.05, 0.1) is 18.2 Å². The number of amides is 2. The summed E-state index contributed by atoms with van der Waals surface area (Å²) in [6.45, 7) is 1.53. The van der Waals surface area contributed by atoms with Crippen LogP contribution in [0.3, 0.4) is 0 Å². The van der Waals surface area contributed by atoms with Crippen LogP contribution in [0.4, 0.5) is 5.13 Å². The van der Waals surface area contributed by atoms with Crippen molar-refractivity contribution in [3.63, 3.8) is 0 Å². The van der Waals surface area contributed by atoms with Crippen LogP contribution in [0.25, 0.3) is 6.08 Å². The summed E-state index contributed by atoms with van der Waals surface area (Å²) in [6, 6.07) is 7.60. The molecular weight excluding hydrogens is 346 g/mol. The van der Waals surface area contributed by atoms with Gasteiger partial charge < -0.3 is 10.2 Å². The molecule has 2 aliphatic rings. The average molecular weight is 367 g/mol. The number of aryl methyl sites for hydroxylation is 2. The van der Waals surface area contributed by atoms with Crippen molar-refractivity contribution in [2.45, 2.75) is 45.1 Å². The first-order chi connectivity index (χ1) is 12.6. The van der Waals surface area contributed by atoms with Gasteiger partial charge in [0.15, 0.2) is 5.13 Å². The van der Waals surface area contributed by atoms with Crippen molar-refractivity contribution in [3.05, 3.63) is 52.2 Å². The molecule has 0 saturated carbocycles. The second-order valence-corrected chi connectivity index (χ2v) is 7.82. The summed E-state index contributed by atoms with van der Waals surface area (Å²) in [7, 11) is 0. The van der Waals surface area contributed by atoms with Crippen LogP contribution in [0.2, 0.25) is 0 Å². The number of hydrogen-bond acceptors (Lipinski definition) is 4. The van der Waals surface area contributed by atoms with Gasteiger partial charge in [-0.3, -0.25) is 9.59 Å². The van der Waals surface area contributed by atoms with Gasteiger partial charge in [-0.25, -0.2) is 4.98 Å². The number of anilines is 1. The zero-order chi connectivity index (χ0) is 18.1. The Hall–Kier alpha value is -2.47. The molecule has 134 valence electrons. The highest BCUT2D eigenvalue weighted by atomic mass is 32.1. The lowest BCUT2D eigenvalue weighted by Gasteiger charge is -2.32. The minimum Gasteiger partial charge on any atom is -0.311 e. The number of hydrogen-bond donors (Lipinski definition) is 1. The average Bonchev–Trinajstić information content (AvgIpc) is 3.03. The number of aromatic nitrogens is 1. The molecule has 5 nitrogen and oxygen atoms in total. The molecule has 26 heavy (non-hydrogen) atoms. The highest BCUT2D eigenvalue weighted by molar-refractivity contribution is 7.15. The first-order valence-corrected chi connectivity index (χ1v) is 9.78. The molecule has 1 aliphatic carbocycles. The maximum Gasteiger partial charge on any atom is 0.228 e. The fourth-order valence-corrected chi connectivity index (χ4v) is 4.73. The van der Waals surface area contributed by atoms with E-state index in [2.05, 4.69) is 10.3 Å². The van der Waals surface area contributed by atoms with E-state index in [1.54, 1.807) is 22.4 Å². The van der Waals surface area contributed by atoms with E-state index in [1.165, 1.54) is 24.6 Å². The Morgan fingerprint density at radius 2 is 2.08 bits per heavy atom. The van der Waals surface area contributed by atoms with E-state index >= 15 is 0 Å². The van der Waals surface area contributed by atoms with Crippen LogP contribution in [-0.2, 0) is 22.4 Å². The number of benzene rings is 1. The van der Waals surface area contributed by atoms with Crippen molar-refractivity contribution in [3.8, 4) is 0 Å². The van der Waals surface area contributed by atoms with Crippen LogP contribution in [0.15, 0.2) is 30.5 Å².